The minimum absolute atomic E-state index is 0.393. The number of benzene rings is 2. The van der Waals surface area contributed by atoms with E-state index in [0.717, 1.165) is 10.2 Å². The average Bonchev–Trinajstić information content (AvgIpc) is 2.96. The molecule has 2 aromatic carbocycles. The Labute approximate surface area is 157 Å². The molecule has 0 saturated carbocycles. The van der Waals surface area contributed by atoms with E-state index >= 15 is 0 Å². The van der Waals surface area contributed by atoms with Gasteiger partial charge in [-0.2, -0.15) is 10.3 Å². The number of rotatable bonds is 3. The van der Waals surface area contributed by atoms with Crippen LogP contribution < -0.4 is 4.80 Å². The second kappa shape index (κ2) is 7.24. The lowest BCUT2D eigenvalue weighted by Crippen LogP contribution is -2.16. The summed E-state index contributed by atoms with van der Waals surface area (Å²) >= 11 is 13.8. The summed E-state index contributed by atoms with van der Waals surface area (Å²) in [7, 11) is 0. The number of fused-ring (bicyclic) bond motifs is 1. The van der Waals surface area contributed by atoms with E-state index in [4.69, 9.17) is 28.5 Å². The van der Waals surface area contributed by atoms with Crippen LogP contribution in [0.1, 0.15) is 15.9 Å². The maximum atomic E-state index is 12.5. The first-order chi connectivity index (χ1) is 12.0. The third-order valence-corrected chi connectivity index (χ3v) is 5.34. The fourth-order valence-electron chi connectivity index (χ4n) is 2.33. The van der Waals surface area contributed by atoms with Gasteiger partial charge < -0.3 is 4.57 Å². The van der Waals surface area contributed by atoms with E-state index in [1.807, 2.05) is 16.7 Å². The number of hydrogen-bond acceptors (Lipinski definition) is 3. The molecule has 124 valence electrons. The van der Waals surface area contributed by atoms with Gasteiger partial charge >= 0.3 is 0 Å². The Morgan fingerprint density at radius 2 is 2.00 bits per heavy atom. The van der Waals surface area contributed by atoms with E-state index in [-0.39, 0.29) is 0 Å². The van der Waals surface area contributed by atoms with E-state index in [1.54, 1.807) is 36.4 Å². The van der Waals surface area contributed by atoms with E-state index in [9.17, 15) is 4.79 Å². The van der Waals surface area contributed by atoms with Crippen molar-refractivity contribution < 1.29 is 4.79 Å². The summed E-state index contributed by atoms with van der Waals surface area (Å²) in [6, 6.07) is 11.9. The Morgan fingerprint density at radius 3 is 2.64 bits per heavy atom. The predicted molar refractivity (Wildman–Crippen MR) is 101 cm³/mol. The van der Waals surface area contributed by atoms with Crippen molar-refractivity contribution in [2.45, 2.75) is 6.54 Å². The second-order valence-electron chi connectivity index (χ2n) is 5.10. The second-order valence-corrected chi connectivity index (χ2v) is 6.89. The van der Waals surface area contributed by atoms with E-state index in [1.165, 1.54) is 11.3 Å². The molecule has 0 spiro atoms. The highest BCUT2D eigenvalue weighted by Crippen LogP contribution is 2.32. The minimum Gasteiger partial charge on any atom is -0.311 e. The van der Waals surface area contributed by atoms with Crippen molar-refractivity contribution in [2.24, 2.45) is 4.99 Å². The van der Waals surface area contributed by atoms with Gasteiger partial charge in [-0.3, -0.25) is 4.79 Å². The van der Waals surface area contributed by atoms with E-state index in [2.05, 4.69) is 11.6 Å². The maximum Gasteiger partial charge on any atom is 0.279 e. The number of thiazole rings is 1. The van der Waals surface area contributed by atoms with Crippen molar-refractivity contribution in [3.63, 3.8) is 0 Å². The largest absolute Gasteiger partial charge is 0.311 e. The molecule has 7 heteroatoms. The Morgan fingerprint density at radius 1 is 1.28 bits per heavy atom. The molecule has 1 heterocycles. The fourth-order valence-corrected chi connectivity index (χ4v) is 3.85. The topological polar surface area (TPSA) is 58.1 Å². The summed E-state index contributed by atoms with van der Waals surface area (Å²) in [6.07, 6.45) is 1.70. The average molecular weight is 388 g/mol. The number of carbonyl (C=O) groups is 1. The predicted octanol–water partition coefficient (Wildman–Crippen LogP) is 4.81. The fraction of sp³-hybridized carbons (Fsp3) is 0.0556. The molecule has 0 saturated heterocycles. The normalized spacial score (nSPS) is 11.5. The molecule has 1 aromatic heterocycles. The molecular weight excluding hydrogens is 377 g/mol. The minimum atomic E-state index is -0.393. The smallest absolute Gasteiger partial charge is 0.279 e. The lowest BCUT2D eigenvalue weighted by atomic mass is 10.1. The van der Waals surface area contributed by atoms with Crippen molar-refractivity contribution in [1.29, 1.82) is 5.26 Å². The zero-order valence-corrected chi connectivity index (χ0v) is 15.2. The molecule has 0 unspecified atom stereocenters. The lowest BCUT2D eigenvalue weighted by Gasteiger charge is -2.04. The zero-order chi connectivity index (χ0) is 18.0. The molecule has 0 fully saturated rings. The van der Waals surface area contributed by atoms with Crippen molar-refractivity contribution in [1.82, 2.24) is 4.57 Å². The van der Waals surface area contributed by atoms with Crippen LogP contribution in [0.5, 0.6) is 0 Å². The zero-order valence-electron chi connectivity index (χ0n) is 12.9. The molecule has 0 atom stereocenters. The third-order valence-electron chi connectivity index (χ3n) is 3.50. The number of nitriles is 1. The number of nitrogens with zero attached hydrogens (tertiary/aromatic N) is 3. The molecule has 0 aliphatic rings. The Balaban J connectivity index is 2.16. The molecule has 0 aliphatic heterocycles. The van der Waals surface area contributed by atoms with Crippen LogP contribution in [-0.2, 0) is 6.54 Å². The standard InChI is InChI=1S/C18H11Cl2N3OS/c1-2-9-23-16-14(8-7-13(19)15(16)20)25-18(23)22-17(24)12-5-3-11(10-21)4-6-12/h2-8H,1,9H2. The van der Waals surface area contributed by atoms with Gasteiger partial charge in [-0.1, -0.05) is 40.6 Å². The van der Waals surface area contributed by atoms with Crippen LogP contribution in [0.4, 0.5) is 0 Å². The van der Waals surface area contributed by atoms with Gasteiger partial charge in [-0.15, -0.1) is 6.58 Å². The van der Waals surface area contributed by atoms with Gasteiger partial charge in [0.15, 0.2) is 4.80 Å². The molecule has 4 nitrogen and oxygen atoms in total. The van der Waals surface area contributed by atoms with E-state index < -0.39 is 5.91 Å². The first-order valence-corrected chi connectivity index (χ1v) is 8.80. The van der Waals surface area contributed by atoms with Crippen LogP contribution in [0, 0.1) is 11.3 Å². The molecule has 1 amide bonds. The van der Waals surface area contributed by atoms with Gasteiger partial charge in [0.1, 0.15) is 0 Å². The van der Waals surface area contributed by atoms with Gasteiger partial charge in [0.25, 0.3) is 5.91 Å². The van der Waals surface area contributed by atoms with Crippen LogP contribution in [0.15, 0.2) is 54.0 Å². The van der Waals surface area contributed by atoms with Crippen LogP contribution in [0.3, 0.4) is 0 Å². The van der Waals surface area contributed by atoms with Crippen LogP contribution in [0.25, 0.3) is 10.2 Å². The summed E-state index contributed by atoms with van der Waals surface area (Å²) in [5, 5.41) is 9.69. The lowest BCUT2D eigenvalue weighted by molar-refractivity contribution is 0.0998. The van der Waals surface area contributed by atoms with E-state index in [0.29, 0.717) is 32.5 Å². The Hall–Kier alpha value is -2.39. The van der Waals surface area contributed by atoms with Gasteiger partial charge in [-0.05, 0) is 36.4 Å². The monoisotopic (exact) mass is 387 g/mol. The number of amides is 1. The van der Waals surface area contributed by atoms with Crippen LogP contribution >= 0.6 is 34.5 Å². The summed E-state index contributed by atoms with van der Waals surface area (Å²) in [5.41, 5.74) is 1.62. The number of halogens is 2. The first-order valence-electron chi connectivity index (χ1n) is 7.22. The number of carbonyl (C=O) groups excluding carboxylic acids is 1. The summed E-state index contributed by atoms with van der Waals surface area (Å²) in [6.45, 7) is 4.19. The third kappa shape index (κ3) is 3.38. The number of hydrogen-bond donors (Lipinski definition) is 0. The molecule has 0 N–H and O–H groups in total. The van der Waals surface area contributed by atoms with Crippen molar-refractivity contribution in [3.05, 3.63) is 75.0 Å². The van der Waals surface area contributed by atoms with Gasteiger partial charge in [0.05, 0.1) is 31.9 Å². The first kappa shape index (κ1) is 17.4. The Bertz CT molecular complexity index is 1090. The highest BCUT2D eigenvalue weighted by atomic mass is 35.5. The molecule has 0 radical (unpaired) electrons. The highest BCUT2D eigenvalue weighted by molar-refractivity contribution is 7.16. The van der Waals surface area contributed by atoms with Crippen molar-refractivity contribution >= 4 is 50.7 Å². The molecule has 25 heavy (non-hydrogen) atoms. The molecule has 0 bridgehead atoms. The highest BCUT2D eigenvalue weighted by Gasteiger charge is 2.13. The molecule has 3 aromatic rings. The van der Waals surface area contributed by atoms with Crippen LogP contribution in [-0.4, -0.2) is 10.5 Å². The van der Waals surface area contributed by atoms with Crippen LogP contribution in [0.2, 0.25) is 10.0 Å². The maximum absolute atomic E-state index is 12.5. The quantitative estimate of drug-likeness (QED) is 0.605. The van der Waals surface area contributed by atoms with Crippen molar-refractivity contribution in [3.8, 4) is 6.07 Å². The van der Waals surface area contributed by atoms with Crippen molar-refractivity contribution in [2.75, 3.05) is 0 Å². The summed E-state index contributed by atoms with van der Waals surface area (Å²) < 4.78 is 2.69. The Kier molecular flexibility index (Phi) is 5.05. The number of aromatic nitrogens is 1. The summed E-state index contributed by atoms with van der Waals surface area (Å²) in [5.74, 6) is -0.393. The molecule has 0 aliphatic carbocycles. The SMILES string of the molecule is C=CCn1c(=NC(=O)c2ccc(C#N)cc2)sc2ccc(Cl)c(Cl)c21. The molecular formula is C18H11Cl2N3OS. The van der Waals surface area contributed by atoms with Gasteiger partial charge in [0, 0.05) is 12.1 Å². The summed E-state index contributed by atoms with van der Waals surface area (Å²) in [4.78, 5) is 17.2. The van der Waals surface area contributed by atoms with Gasteiger partial charge in [-0.25, -0.2) is 0 Å². The van der Waals surface area contributed by atoms with Gasteiger partial charge in [0.2, 0.25) is 0 Å². The number of allylic oxidation sites excluding steroid dienone is 1. The molecule has 3 rings (SSSR count).